The molecule has 0 N–H and O–H groups in total. The second-order valence-electron chi connectivity index (χ2n) is 9.08. The number of aromatic nitrogens is 1. The molecule has 2 aromatic rings. The minimum atomic E-state index is -1.09. The molecular weight excluding hydrogens is 400 g/mol. The summed E-state index contributed by atoms with van der Waals surface area (Å²) in [5.41, 5.74) is 0.682. The van der Waals surface area contributed by atoms with Gasteiger partial charge >= 0.3 is 0 Å². The molecule has 4 aliphatic rings. The molecule has 1 amide bonds. The Morgan fingerprint density at radius 2 is 2.13 bits per heavy atom. The molecule has 3 saturated carbocycles. The van der Waals surface area contributed by atoms with Crippen LogP contribution in [0, 0.1) is 34.4 Å². The summed E-state index contributed by atoms with van der Waals surface area (Å²) in [6, 6.07) is 11.1. The van der Waals surface area contributed by atoms with E-state index in [1.54, 1.807) is 29.2 Å². The highest BCUT2D eigenvalue weighted by atomic mass is 19.1. The third-order valence-electron chi connectivity index (χ3n) is 7.13. The molecule has 2 heterocycles. The standard InChI is InChI=1S/C24H23F2N3O2/c25-19-3-1-2-16(6-19)21-7-20(26)13-29(21)23(30)24-8-17(9-24)18(10-24)14-31-22-5-4-15(11-27)12-28-22/h1-6,12,17-18,20-21H,7-10,13-14H2. The Morgan fingerprint density at radius 1 is 1.29 bits per heavy atom. The maximum atomic E-state index is 14.3. The summed E-state index contributed by atoms with van der Waals surface area (Å²) in [7, 11) is 0. The van der Waals surface area contributed by atoms with E-state index in [-0.39, 0.29) is 30.6 Å². The molecule has 3 unspecified atom stereocenters. The zero-order valence-corrected chi connectivity index (χ0v) is 17.0. The molecule has 1 saturated heterocycles. The van der Waals surface area contributed by atoms with E-state index in [4.69, 9.17) is 10.00 Å². The molecule has 3 aliphatic carbocycles. The molecule has 160 valence electrons. The van der Waals surface area contributed by atoms with Crippen LogP contribution in [0.1, 0.15) is 42.9 Å². The van der Waals surface area contributed by atoms with Gasteiger partial charge in [0, 0.05) is 18.7 Å². The lowest BCUT2D eigenvalue weighted by molar-refractivity contribution is -0.147. The van der Waals surface area contributed by atoms with Gasteiger partial charge in [-0.25, -0.2) is 13.8 Å². The Balaban J connectivity index is 1.25. The maximum Gasteiger partial charge on any atom is 0.229 e. The van der Waals surface area contributed by atoms with Gasteiger partial charge in [-0.2, -0.15) is 5.26 Å². The Hall–Kier alpha value is -3.01. The largest absolute Gasteiger partial charge is 0.477 e. The van der Waals surface area contributed by atoms with Crippen molar-refractivity contribution in [3.8, 4) is 11.9 Å². The van der Waals surface area contributed by atoms with Crippen LogP contribution in [0.2, 0.25) is 0 Å². The van der Waals surface area contributed by atoms with Gasteiger partial charge in [-0.05, 0) is 54.9 Å². The monoisotopic (exact) mass is 423 g/mol. The van der Waals surface area contributed by atoms with Crippen LogP contribution < -0.4 is 4.74 Å². The van der Waals surface area contributed by atoms with Crippen molar-refractivity contribution in [2.24, 2.45) is 17.3 Å². The van der Waals surface area contributed by atoms with E-state index < -0.39 is 17.6 Å². The number of carbonyl (C=O) groups excluding carboxylic acids is 1. The second kappa shape index (κ2) is 7.60. The van der Waals surface area contributed by atoms with E-state index in [1.165, 1.54) is 18.3 Å². The Labute approximate surface area is 179 Å². The number of nitrogens with zero attached hydrogens (tertiary/aromatic N) is 3. The smallest absolute Gasteiger partial charge is 0.229 e. The van der Waals surface area contributed by atoms with Gasteiger partial charge in [-0.3, -0.25) is 4.79 Å². The number of nitriles is 1. The summed E-state index contributed by atoms with van der Waals surface area (Å²) in [5.74, 6) is 0.756. The number of alkyl halides is 1. The number of hydrogen-bond acceptors (Lipinski definition) is 4. The first-order chi connectivity index (χ1) is 15.0. The van der Waals surface area contributed by atoms with Crippen molar-refractivity contribution in [2.75, 3.05) is 13.2 Å². The number of ether oxygens (including phenoxy) is 1. The van der Waals surface area contributed by atoms with Crippen molar-refractivity contribution in [1.82, 2.24) is 9.88 Å². The van der Waals surface area contributed by atoms with Crippen LogP contribution >= 0.6 is 0 Å². The molecule has 1 aliphatic heterocycles. The number of carbonyl (C=O) groups is 1. The predicted octanol–water partition coefficient (Wildman–Crippen LogP) is 4.20. The Morgan fingerprint density at radius 3 is 2.84 bits per heavy atom. The first-order valence-electron chi connectivity index (χ1n) is 10.7. The first-order valence-corrected chi connectivity index (χ1v) is 10.7. The number of rotatable bonds is 5. The maximum absolute atomic E-state index is 14.3. The van der Waals surface area contributed by atoms with Crippen LogP contribution in [0.4, 0.5) is 8.78 Å². The Kier molecular flexibility index (Phi) is 4.88. The van der Waals surface area contributed by atoms with Crippen LogP contribution in [-0.4, -0.2) is 35.1 Å². The van der Waals surface area contributed by atoms with E-state index >= 15 is 0 Å². The highest BCUT2D eigenvalue weighted by molar-refractivity contribution is 5.85. The Bertz CT molecular complexity index is 1030. The summed E-state index contributed by atoms with van der Waals surface area (Å²) in [6.45, 7) is 0.542. The van der Waals surface area contributed by atoms with Crippen molar-refractivity contribution >= 4 is 5.91 Å². The number of likely N-dealkylation sites (tertiary alicyclic amines) is 1. The molecule has 6 rings (SSSR count). The summed E-state index contributed by atoms with van der Waals surface area (Å²) < 4.78 is 33.8. The minimum Gasteiger partial charge on any atom is -0.477 e. The van der Waals surface area contributed by atoms with Gasteiger partial charge in [0.2, 0.25) is 11.8 Å². The lowest BCUT2D eigenvalue weighted by atomic mass is 9.68. The van der Waals surface area contributed by atoms with Gasteiger partial charge in [0.05, 0.1) is 30.2 Å². The van der Waals surface area contributed by atoms with Crippen molar-refractivity contribution in [3.05, 3.63) is 59.5 Å². The lowest BCUT2D eigenvalue weighted by Crippen LogP contribution is -2.46. The quantitative estimate of drug-likeness (QED) is 0.723. The van der Waals surface area contributed by atoms with Gasteiger partial charge in [-0.1, -0.05) is 12.1 Å². The number of hydrogen-bond donors (Lipinski definition) is 0. The van der Waals surface area contributed by atoms with Gasteiger partial charge in [0.25, 0.3) is 0 Å². The topological polar surface area (TPSA) is 66.2 Å². The fourth-order valence-electron chi connectivity index (χ4n) is 5.64. The van der Waals surface area contributed by atoms with Crippen LogP contribution in [0.15, 0.2) is 42.6 Å². The molecule has 5 nitrogen and oxygen atoms in total. The van der Waals surface area contributed by atoms with Crippen LogP contribution in [0.5, 0.6) is 5.88 Å². The normalized spacial score (nSPS) is 31.2. The number of amides is 1. The molecule has 1 aromatic carbocycles. The highest BCUT2D eigenvalue weighted by Crippen LogP contribution is 2.63. The molecular formula is C24H23F2N3O2. The summed E-state index contributed by atoms with van der Waals surface area (Å²) >= 11 is 0. The summed E-state index contributed by atoms with van der Waals surface area (Å²) in [4.78, 5) is 19.3. The molecule has 7 heteroatoms. The fourth-order valence-corrected chi connectivity index (χ4v) is 5.64. The minimum absolute atomic E-state index is 0.00263. The van der Waals surface area contributed by atoms with E-state index in [1.807, 2.05) is 6.07 Å². The first kappa shape index (κ1) is 19.9. The van der Waals surface area contributed by atoms with Crippen molar-refractivity contribution in [2.45, 2.75) is 37.9 Å². The molecule has 2 bridgehead atoms. The summed E-state index contributed by atoms with van der Waals surface area (Å²) in [5, 5.41) is 8.85. The van der Waals surface area contributed by atoms with Gasteiger partial charge in [0.15, 0.2) is 0 Å². The van der Waals surface area contributed by atoms with Crippen molar-refractivity contribution < 1.29 is 18.3 Å². The van der Waals surface area contributed by atoms with Crippen molar-refractivity contribution in [3.63, 3.8) is 0 Å². The second-order valence-corrected chi connectivity index (χ2v) is 9.08. The molecule has 1 aromatic heterocycles. The third-order valence-corrected chi connectivity index (χ3v) is 7.13. The van der Waals surface area contributed by atoms with Crippen molar-refractivity contribution in [1.29, 1.82) is 5.26 Å². The number of benzene rings is 1. The number of halogens is 2. The summed E-state index contributed by atoms with van der Waals surface area (Å²) in [6.07, 6.45) is 2.91. The predicted molar refractivity (Wildman–Crippen MR) is 108 cm³/mol. The lowest BCUT2D eigenvalue weighted by Gasteiger charge is -2.41. The van der Waals surface area contributed by atoms with Crippen LogP contribution in [0.25, 0.3) is 0 Å². The van der Waals surface area contributed by atoms with E-state index in [0.717, 1.165) is 19.3 Å². The van der Waals surface area contributed by atoms with E-state index in [0.29, 0.717) is 29.5 Å². The number of fused-ring (bicyclic) bond motifs is 1. The molecule has 0 spiro atoms. The molecule has 3 atom stereocenters. The SMILES string of the molecule is N#Cc1ccc(OCC2CC3(C(=O)N4CC(F)CC4c4cccc(F)c4)CC2C3)nc1. The van der Waals surface area contributed by atoms with Crippen LogP contribution in [0.3, 0.4) is 0 Å². The third kappa shape index (κ3) is 3.54. The average molecular weight is 423 g/mol. The van der Waals surface area contributed by atoms with Crippen LogP contribution in [-0.2, 0) is 4.79 Å². The molecule has 0 radical (unpaired) electrons. The zero-order valence-electron chi connectivity index (χ0n) is 17.0. The zero-order chi connectivity index (χ0) is 21.6. The van der Waals surface area contributed by atoms with E-state index in [2.05, 4.69) is 4.98 Å². The average Bonchev–Trinajstić information content (AvgIpc) is 3.43. The van der Waals surface area contributed by atoms with E-state index in [9.17, 15) is 13.6 Å². The van der Waals surface area contributed by atoms with Gasteiger partial charge in [0.1, 0.15) is 18.1 Å². The highest BCUT2D eigenvalue weighted by Gasteiger charge is 2.62. The fraction of sp³-hybridized carbons (Fsp3) is 0.458. The van der Waals surface area contributed by atoms with Gasteiger partial charge in [-0.15, -0.1) is 0 Å². The number of pyridine rings is 1. The van der Waals surface area contributed by atoms with Gasteiger partial charge < -0.3 is 9.64 Å². The molecule has 31 heavy (non-hydrogen) atoms. The molecule has 4 fully saturated rings.